The Labute approximate surface area is 157 Å². The zero-order chi connectivity index (χ0) is 18.7. The first kappa shape index (κ1) is 18.6. The predicted molar refractivity (Wildman–Crippen MR) is 101 cm³/mol. The Kier molecular flexibility index (Phi) is 5.73. The Bertz CT molecular complexity index is 805. The van der Waals surface area contributed by atoms with Gasteiger partial charge in [0, 0.05) is 31.6 Å². The van der Waals surface area contributed by atoms with Crippen LogP contribution in [0.25, 0.3) is 11.4 Å². The molecular formula is C18H24N4O3S. The normalized spacial score (nSPS) is 20.2. The highest BCUT2D eigenvalue weighted by Crippen LogP contribution is 2.21. The molecule has 1 saturated heterocycles. The molecule has 1 amide bonds. The summed E-state index contributed by atoms with van der Waals surface area (Å²) >= 11 is 5.34. The van der Waals surface area contributed by atoms with Crippen LogP contribution in [0, 0.1) is 4.77 Å². The molecule has 2 atom stereocenters. The summed E-state index contributed by atoms with van der Waals surface area (Å²) in [5, 5.41) is 7.14. The van der Waals surface area contributed by atoms with Gasteiger partial charge in [-0.3, -0.25) is 14.5 Å². The van der Waals surface area contributed by atoms with Gasteiger partial charge in [0.15, 0.2) is 10.6 Å². The number of benzene rings is 1. The highest BCUT2D eigenvalue weighted by molar-refractivity contribution is 7.71. The van der Waals surface area contributed by atoms with Gasteiger partial charge >= 0.3 is 0 Å². The quantitative estimate of drug-likeness (QED) is 0.812. The number of hydrogen-bond donors (Lipinski definition) is 1. The van der Waals surface area contributed by atoms with E-state index in [-0.39, 0.29) is 18.1 Å². The van der Waals surface area contributed by atoms with Crippen molar-refractivity contribution < 1.29 is 14.3 Å². The number of aromatic nitrogens is 3. The third-order valence-electron chi connectivity index (χ3n) is 4.43. The van der Waals surface area contributed by atoms with Crippen LogP contribution >= 0.6 is 12.2 Å². The van der Waals surface area contributed by atoms with E-state index in [9.17, 15) is 4.79 Å². The third kappa shape index (κ3) is 4.13. The van der Waals surface area contributed by atoms with Crippen molar-refractivity contribution in [3.05, 3.63) is 29.0 Å². The molecule has 0 spiro atoms. The predicted octanol–water partition coefficient (Wildman–Crippen LogP) is 2.64. The topological polar surface area (TPSA) is 72.4 Å². The summed E-state index contributed by atoms with van der Waals surface area (Å²) < 4.78 is 13.2. The van der Waals surface area contributed by atoms with Gasteiger partial charge in [-0.25, -0.2) is 0 Å². The van der Waals surface area contributed by atoms with Gasteiger partial charge in [0.2, 0.25) is 5.91 Å². The Morgan fingerprint density at radius 3 is 2.58 bits per heavy atom. The van der Waals surface area contributed by atoms with Crippen LogP contribution in [0.4, 0.5) is 0 Å². The standard InChI is InChI=1S/C18H24N4O3S/c1-12-10-21(11-13(2)25-12)16(23)8-9-22-17(19-20-18(22)26)14-4-6-15(24-3)7-5-14/h4-7,12-13H,8-11H2,1-3H3,(H,20,26). The van der Waals surface area contributed by atoms with Gasteiger partial charge in [-0.15, -0.1) is 0 Å². The second kappa shape index (κ2) is 8.01. The van der Waals surface area contributed by atoms with Crippen LogP contribution in [-0.4, -0.2) is 58.0 Å². The molecule has 1 N–H and O–H groups in total. The molecule has 0 bridgehead atoms. The van der Waals surface area contributed by atoms with E-state index in [1.807, 2.05) is 47.6 Å². The summed E-state index contributed by atoms with van der Waals surface area (Å²) in [4.78, 5) is 14.5. The molecule has 26 heavy (non-hydrogen) atoms. The van der Waals surface area contributed by atoms with Crippen LogP contribution in [0.1, 0.15) is 20.3 Å². The maximum atomic E-state index is 12.6. The maximum absolute atomic E-state index is 12.6. The van der Waals surface area contributed by atoms with Gasteiger partial charge in [-0.2, -0.15) is 5.10 Å². The molecule has 2 heterocycles. The second-order valence-electron chi connectivity index (χ2n) is 6.54. The Morgan fingerprint density at radius 1 is 1.31 bits per heavy atom. The van der Waals surface area contributed by atoms with Gasteiger partial charge in [0.05, 0.1) is 19.3 Å². The minimum Gasteiger partial charge on any atom is -0.497 e. The fourth-order valence-electron chi connectivity index (χ4n) is 3.23. The molecule has 8 heteroatoms. The first-order chi connectivity index (χ1) is 12.5. The highest BCUT2D eigenvalue weighted by Gasteiger charge is 2.25. The average molecular weight is 376 g/mol. The number of H-pyrrole nitrogens is 1. The van der Waals surface area contributed by atoms with Crippen molar-refractivity contribution in [3.63, 3.8) is 0 Å². The van der Waals surface area contributed by atoms with Crippen LogP contribution in [-0.2, 0) is 16.1 Å². The van der Waals surface area contributed by atoms with E-state index >= 15 is 0 Å². The number of hydrogen-bond acceptors (Lipinski definition) is 5. The van der Waals surface area contributed by atoms with Crippen LogP contribution in [0.2, 0.25) is 0 Å². The zero-order valence-corrected chi connectivity index (χ0v) is 16.1. The Morgan fingerprint density at radius 2 is 1.96 bits per heavy atom. The molecule has 1 fully saturated rings. The number of rotatable bonds is 5. The van der Waals surface area contributed by atoms with E-state index in [4.69, 9.17) is 21.7 Å². The van der Waals surface area contributed by atoms with Crippen molar-refractivity contribution in [1.29, 1.82) is 0 Å². The molecule has 1 aromatic heterocycles. The summed E-state index contributed by atoms with van der Waals surface area (Å²) in [5.41, 5.74) is 0.916. The van der Waals surface area contributed by atoms with E-state index in [1.165, 1.54) is 0 Å². The molecule has 0 aliphatic carbocycles. The molecular weight excluding hydrogens is 352 g/mol. The van der Waals surface area contributed by atoms with Gasteiger partial charge in [-0.05, 0) is 50.3 Å². The molecule has 2 unspecified atom stereocenters. The van der Waals surface area contributed by atoms with Crippen LogP contribution in [0.15, 0.2) is 24.3 Å². The molecule has 7 nitrogen and oxygen atoms in total. The summed E-state index contributed by atoms with van der Waals surface area (Å²) in [7, 11) is 1.63. The molecule has 1 aromatic carbocycles. The highest BCUT2D eigenvalue weighted by atomic mass is 32.1. The van der Waals surface area contributed by atoms with Crippen molar-refractivity contribution in [2.75, 3.05) is 20.2 Å². The Hall–Kier alpha value is -2.19. The number of nitrogens with one attached hydrogen (secondary N) is 1. The van der Waals surface area contributed by atoms with E-state index in [0.717, 1.165) is 11.3 Å². The fourth-order valence-corrected chi connectivity index (χ4v) is 3.46. The number of carbonyl (C=O) groups excluding carboxylic acids is 1. The number of morpholine rings is 1. The third-order valence-corrected chi connectivity index (χ3v) is 4.74. The number of methoxy groups -OCH3 is 1. The summed E-state index contributed by atoms with van der Waals surface area (Å²) in [6.45, 7) is 5.72. The lowest BCUT2D eigenvalue weighted by Crippen LogP contribution is -2.48. The van der Waals surface area contributed by atoms with Crippen LogP contribution < -0.4 is 4.74 Å². The fraction of sp³-hybridized carbons (Fsp3) is 0.500. The molecule has 2 aromatic rings. The van der Waals surface area contributed by atoms with Crippen molar-refractivity contribution in [2.45, 2.75) is 39.0 Å². The second-order valence-corrected chi connectivity index (χ2v) is 6.93. The number of amides is 1. The number of ether oxygens (including phenoxy) is 2. The molecule has 1 aliphatic rings. The molecule has 1 aliphatic heterocycles. The average Bonchev–Trinajstić information content (AvgIpc) is 2.99. The Balaban J connectivity index is 1.71. The van der Waals surface area contributed by atoms with E-state index in [0.29, 0.717) is 36.7 Å². The largest absolute Gasteiger partial charge is 0.497 e. The van der Waals surface area contributed by atoms with Crippen LogP contribution in [0.5, 0.6) is 5.75 Å². The van der Waals surface area contributed by atoms with Crippen molar-refractivity contribution in [2.24, 2.45) is 0 Å². The minimum atomic E-state index is 0.0636. The molecule has 0 radical (unpaired) electrons. The maximum Gasteiger partial charge on any atom is 0.224 e. The lowest BCUT2D eigenvalue weighted by molar-refractivity contribution is -0.143. The summed E-state index contributed by atoms with van der Waals surface area (Å²) in [6.07, 6.45) is 0.499. The van der Waals surface area contributed by atoms with E-state index < -0.39 is 0 Å². The lowest BCUT2D eigenvalue weighted by Gasteiger charge is -2.35. The molecule has 0 saturated carbocycles. The molecule has 3 rings (SSSR count). The minimum absolute atomic E-state index is 0.0636. The SMILES string of the molecule is COc1ccc(-c2n[nH]c(=S)n2CCC(=O)N2CC(C)OC(C)C2)cc1. The number of carbonyl (C=O) groups is 1. The number of nitrogens with zero attached hydrogens (tertiary/aromatic N) is 3. The van der Waals surface area contributed by atoms with Gasteiger partial charge < -0.3 is 14.4 Å². The smallest absolute Gasteiger partial charge is 0.224 e. The molecule has 140 valence electrons. The van der Waals surface area contributed by atoms with E-state index in [2.05, 4.69) is 10.2 Å². The first-order valence-corrected chi connectivity index (χ1v) is 9.11. The van der Waals surface area contributed by atoms with Crippen LogP contribution in [0.3, 0.4) is 0 Å². The van der Waals surface area contributed by atoms with Gasteiger partial charge in [-0.1, -0.05) is 0 Å². The monoisotopic (exact) mass is 376 g/mol. The lowest BCUT2D eigenvalue weighted by atomic mass is 10.2. The summed E-state index contributed by atoms with van der Waals surface area (Å²) in [5.74, 6) is 1.60. The van der Waals surface area contributed by atoms with Gasteiger partial charge in [0.25, 0.3) is 0 Å². The van der Waals surface area contributed by atoms with Crippen molar-refractivity contribution >= 4 is 18.1 Å². The van der Waals surface area contributed by atoms with Gasteiger partial charge in [0.1, 0.15) is 5.75 Å². The summed E-state index contributed by atoms with van der Waals surface area (Å²) in [6, 6.07) is 7.60. The first-order valence-electron chi connectivity index (χ1n) is 8.70. The number of aromatic amines is 1. The zero-order valence-electron chi connectivity index (χ0n) is 15.3. The van der Waals surface area contributed by atoms with Crippen molar-refractivity contribution in [1.82, 2.24) is 19.7 Å². The van der Waals surface area contributed by atoms with Crippen molar-refractivity contribution in [3.8, 4) is 17.1 Å². The van der Waals surface area contributed by atoms with E-state index in [1.54, 1.807) is 7.11 Å².